The van der Waals surface area contributed by atoms with E-state index in [9.17, 15) is 18.0 Å². The van der Waals surface area contributed by atoms with Gasteiger partial charge in [0.25, 0.3) is 0 Å². The van der Waals surface area contributed by atoms with Gasteiger partial charge in [-0.2, -0.15) is 4.31 Å². The number of carbonyl (C=O) groups excluding carboxylic acids is 2. The summed E-state index contributed by atoms with van der Waals surface area (Å²) < 4.78 is 29.6. The monoisotopic (exact) mass is 311 g/mol. The maximum absolute atomic E-state index is 12.1. The van der Waals surface area contributed by atoms with Gasteiger partial charge in [-0.15, -0.1) is 0 Å². The van der Waals surface area contributed by atoms with Gasteiger partial charge >= 0.3 is 5.97 Å². The molecule has 2 rings (SSSR count). The Labute approximate surface area is 123 Å². The van der Waals surface area contributed by atoms with Crippen LogP contribution in [0.4, 0.5) is 0 Å². The highest BCUT2D eigenvalue weighted by molar-refractivity contribution is 7.88. The molecule has 1 aliphatic rings. The fraction of sp³-hybridized carbons (Fsp3) is 0.429. The third-order valence-corrected chi connectivity index (χ3v) is 4.67. The van der Waals surface area contributed by atoms with E-state index in [4.69, 9.17) is 4.74 Å². The lowest BCUT2D eigenvalue weighted by Crippen LogP contribution is -2.41. The molecular weight excluding hydrogens is 294 g/mol. The van der Waals surface area contributed by atoms with E-state index in [-0.39, 0.29) is 5.78 Å². The molecule has 0 saturated carbocycles. The number of hydrogen-bond acceptors (Lipinski definition) is 5. The van der Waals surface area contributed by atoms with Crippen LogP contribution in [0.25, 0.3) is 0 Å². The minimum absolute atomic E-state index is 0.0769. The van der Waals surface area contributed by atoms with Gasteiger partial charge in [-0.1, -0.05) is 0 Å². The van der Waals surface area contributed by atoms with Crippen molar-refractivity contribution in [2.24, 2.45) is 0 Å². The molecule has 1 heterocycles. The highest BCUT2D eigenvalue weighted by Crippen LogP contribution is 2.23. The van der Waals surface area contributed by atoms with Crippen molar-refractivity contribution in [2.75, 3.05) is 12.8 Å². The summed E-state index contributed by atoms with van der Waals surface area (Å²) in [6.45, 7) is 1.78. The van der Waals surface area contributed by atoms with E-state index in [0.29, 0.717) is 30.7 Å². The van der Waals surface area contributed by atoms with Crippen molar-refractivity contribution >= 4 is 21.8 Å². The quantitative estimate of drug-likeness (QED) is 0.474. The van der Waals surface area contributed by atoms with E-state index in [1.54, 1.807) is 12.1 Å². The third-order valence-electron chi connectivity index (χ3n) is 3.38. The maximum Gasteiger partial charge on any atom is 0.329 e. The van der Waals surface area contributed by atoms with Gasteiger partial charge in [0.15, 0.2) is 5.78 Å². The minimum atomic E-state index is -3.42. The van der Waals surface area contributed by atoms with Crippen molar-refractivity contribution in [3.63, 3.8) is 0 Å². The van der Waals surface area contributed by atoms with Gasteiger partial charge in [0, 0.05) is 12.1 Å². The largest absolute Gasteiger partial charge is 0.425 e. The fourth-order valence-corrected chi connectivity index (χ4v) is 3.43. The van der Waals surface area contributed by atoms with E-state index in [0.717, 1.165) is 6.26 Å². The van der Waals surface area contributed by atoms with Crippen LogP contribution in [0.3, 0.4) is 0 Å². The van der Waals surface area contributed by atoms with Crippen LogP contribution in [0.1, 0.15) is 30.1 Å². The number of sulfonamides is 1. The molecule has 0 spiro atoms. The molecule has 7 heteroatoms. The number of esters is 1. The smallest absolute Gasteiger partial charge is 0.329 e. The van der Waals surface area contributed by atoms with E-state index >= 15 is 0 Å². The minimum Gasteiger partial charge on any atom is -0.425 e. The van der Waals surface area contributed by atoms with Gasteiger partial charge in [-0.25, -0.2) is 13.2 Å². The maximum atomic E-state index is 12.1. The molecule has 0 amide bonds. The van der Waals surface area contributed by atoms with Crippen molar-refractivity contribution in [1.29, 1.82) is 0 Å². The van der Waals surface area contributed by atoms with Gasteiger partial charge in [0.1, 0.15) is 11.8 Å². The van der Waals surface area contributed by atoms with Crippen LogP contribution in [0.15, 0.2) is 24.3 Å². The van der Waals surface area contributed by atoms with Gasteiger partial charge in [-0.3, -0.25) is 4.79 Å². The predicted octanol–water partition coefficient (Wildman–Crippen LogP) is 1.22. The first kappa shape index (κ1) is 15.7. The Kier molecular flexibility index (Phi) is 4.43. The molecule has 6 nitrogen and oxygen atoms in total. The Bertz CT molecular complexity index is 650. The van der Waals surface area contributed by atoms with E-state index in [1.807, 2.05) is 0 Å². The molecule has 1 aromatic rings. The molecule has 0 aromatic heterocycles. The van der Waals surface area contributed by atoms with E-state index in [2.05, 4.69) is 0 Å². The second-order valence-electron chi connectivity index (χ2n) is 5.03. The molecule has 1 saturated heterocycles. The van der Waals surface area contributed by atoms with Crippen molar-refractivity contribution in [1.82, 2.24) is 4.31 Å². The molecule has 1 aliphatic heterocycles. The summed E-state index contributed by atoms with van der Waals surface area (Å²) in [6, 6.07) is 5.40. The average Bonchev–Trinajstić information content (AvgIpc) is 2.88. The lowest BCUT2D eigenvalue weighted by molar-refractivity contribution is -0.137. The summed E-state index contributed by atoms with van der Waals surface area (Å²) in [4.78, 5) is 23.3. The molecule has 0 aliphatic carbocycles. The Balaban J connectivity index is 2.09. The van der Waals surface area contributed by atoms with Crippen molar-refractivity contribution in [3.8, 4) is 5.75 Å². The van der Waals surface area contributed by atoms with E-state index in [1.165, 1.54) is 23.4 Å². The zero-order valence-electron chi connectivity index (χ0n) is 11.9. The molecule has 0 unspecified atom stereocenters. The first-order chi connectivity index (χ1) is 9.79. The van der Waals surface area contributed by atoms with Crippen LogP contribution in [-0.2, 0) is 14.8 Å². The van der Waals surface area contributed by atoms with Crippen LogP contribution >= 0.6 is 0 Å². The summed E-state index contributed by atoms with van der Waals surface area (Å²) in [5.74, 6) is -0.370. The summed E-state index contributed by atoms with van der Waals surface area (Å²) in [5.41, 5.74) is 0.522. The Hall–Kier alpha value is -1.73. The van der Waals surface area contributed by atoms with Crippen LogP contribution in [0.5, 0.6) is 5.75 Å². The zero-order chi connectivity index (χ0) is 15.6. The lowest BCUT2D eigenvalue weighted by atomic mass is 10.1. The van der Waals surface area contributed by atoms with Gasteiger partial charge in [-0.05, 0) is 44.0 Å². The molecule has 0 radical (unpaired) electrons. The Morgan fingerprint density at radius 3 is 2.38 bits per heavy atom. The summed E-state index contributed by atoms with van der Waals surface area (Å²) >= 11 is 0. The molecule has 1 aromatic carbocycles. The number of benzene rings is 1. The van der Waals surface area contributed by atoms with Crippen molar-refractivity contribution < 1.29 is 22.7 Å². The third kappa shape index (κ3) is 3.68. The molecule has 0 N–H and O–H groups in total. The fourth-order valence-electron chi connectivity index (χ4n) is 2.31. The first-order valence-corrected chi connectivity index (χ1v) is 8.43. The van der Waals surface area contributed by atoms with Crippen molar-refractivity contribution in [3.05, 3.63) is 29.8 Å². The predicted molar refractivity (Wildman–Crippen MR) is 76.7 cm³/mol. The molecule has 21 heavy (non-hydrogen) atoms. The standard InChI is InChI=1S/C14H17NO5S/c1-10(16)11-5-7-12(8-6-11)20-14(17)13-4-3-9-15(13)21(2,18)19/h5-8,13H,3-4,9H2,1-2H3/t13-/m1/s1. The SMILES string of the molecule is CC(=O)c1ccc(OC(=O)[C@H]2CCCN2S(C)(=O)=O)cc1. The highest BCUT2D eigenvalue weighted by atomic mass is 32.2. The second-order valence-corrected chi connectivity index (χ2v) is 6.97. The number of rotatable bonds is 4. The van der Waals surface area contributed by atoms with Crippen LogP contribution in [0, 0.1) is 0 Å². The number of ketones is 1. The normalized spacial score (nSPS) is 19.4. The molecule has 1 fully saturated rings. The summed E-state index contributed by atoms with van der Waals surface area (Å²) in [7, 11) is -3.42. The molecule has 114 valence electrons. The van der Waals surface area contributed by atoms with Gasteiger partial charge in [0.2, 0.25) is 10.0 Å². The Morgan fingerprint density at radius 2 is 1.86 bits per heavy atom. The first-order valence-electron chi connectivity index (χ1n) is 6.58. The van der Waals surface area contributed by atoms with Crippen molar-refractivity contribution in [2.45, 2.75) is 25.8 Å². The zero-order valence-corrected chi connectivity index (χ0v) is 12.7. The second kappa shape index (κ2) is 5.95. The summed E-state index contributed by atoms with van der Waals surface area (Å²) in [5, 5.41) is 0. The number of nitrogens with zero attached hydrogens (tertiary/aromatic N) is 1. The average molecular weight is 311 g/mol. The molecule has 0 bridgehead atoms. The highest BCUT2D eigenvalue weighted by Gasteiger charge is 2.37. The number of Topliss-reactive ketones (excluding diaryl/α,β-unsaturated/α-hetero) is 1. The lowest BCUT2D eigenvalue weighted by Gasteiger charge is -2.20. The van der Waals surface area contributed by atoms with Crippen LogP contribution in [0.2, 0.25) is 0 Å². The van der Waals surface area contributed by atoms with E-state index < -0.39 is 22.0 Å². The van der Waals surface area contributed by atoms with Crippen LogP contribution < -0.4 is 4.74 Å². The summed E-state index contributed by atoms with van der Waals surface area (Å²) in [6.07, 6.45) is 2.17. The topological polar surface area (TPSA) is 80.8 Å². The number of ether oxygens (including phenoxy) is 1. The van der Waals surface area contributed by atoms with Gasteiger partial charge in [0.05, 0.1) is 6.26 Å². The Morgan fingerprint density at radius 1 is 1.24 bits per heavy atom. The number of carbonyl (C=O) groups is 2. The molecular formula is C14H17NO5S. The molecule has 1 atom stereocenters. The van der Waals surface area contributed by atoms with Crippen LogP contribution in [-0.4, -0.2) is 43.3 Å². The number of hydrogen-bond donors (Lipinski definition) is 0. The van der Waals surface area contributed by atoms with Gasteiger partial charge < -0.3 is 4.74 Å².